The summed E-state index contributed by atoms with van der Waals surface area (Å²) in [6.07, 6.45) is 0.853. The number of carbonyl (C=O) groups excluding carboxylic acids is 1. The summed E-state index contributed by atoms with van der Waals surface area (Å²) in [4.78, 5) is 15.3. The van der Waals surface area contributed by atoms with Crippen molar-refractivity contribution in [2.75, 3.05) is 7.11 Å². The smallest absolute Gasteiger partial charge is 0.309 e. The van der Waals surface area contributed by atoms with Gasteiger partial charge in [0.25, 0.3) is 0 Å². The predicted octanol–water partition coefficient (Wildman–Crippen LogP) is 4.06. The third kappa shape index (κ3) is 3.85. The second kappa shape index (κ2) is 6.62. The molecular formula is C18H13Cl2NO2. The number of pyridine rings is 1. The first kappa shape index (κ1) is 15.9. The van der Waals surface area contributed by atoms with Crippen LogP contribution in [-0.4, -0.2) is 18.1 Å². The maximum Gasteiger partial charge on any atom is 0.309 e. The zero-order chi connectivity index (χ0) is 16.4. The summed E-state index contributed by atoms with van der Waals surface area (Å²) in [7, 11) is 1.42. The molecule has 0 spiro atoms. The van der Waals surface area contributed by atoms with Gasteiger partial charge >= 0.3 is 5.97 Å². The van der Waals surface area contributed by atoms with Gasteiger partial charge in [-0.15, -0.1) is 0 Å². The molecule has 2 atom stereocenters. The Hall–Kier alpha value is -2.02. The summed E-state index contributed by atoms with van der Waals surface area (Å²) in [5.41, 5.74) is 2.74. The quantitative estimate of drug-likeness (QED) is 0.468. The standard InChI is InChI=1S/C18H13Cl2NO2/c1-23-18(22)15-10-14(15)13-6-4-11(5-7-13)2-3-12-8-16(19)21-17(20)9-12/h4-9,14-15H,10H2,1H3. The minimum absolute atomic E-state index is 0.00182. The lowest BCUT2D eigenvalue weighted by molar-refractivity contribution is -0.142. The molecule has 1 aliphatic carbocycles. The minimum Gasteiger partial charge on any atom is -0.469 e. The molecule has 1 aromatic heterocycles. The maximum absolute atomic E-state index is 11.5. The molecule has 116 valence electrons. The summed E-state index contributed by atoms with van der Waals surface area (Å²) in [6.45, 7) is 0. The van der Waals surface area contributed by atoms with E-state index in [-0.39, 0.29) is 17.8 Å². The summed E-state index contributed by atoms with van der Waals surface area (Å²) >= 11 is 11.7. The number of aromatic nitrogens is 1. The van der Waals surface area contributed by atoms with E-state index in [1.165, 1.54) is 7.11 Å². The summed E-state index contributed by atoms with van der Waals surface area (Å²) in [5, 5.41) is 0.638. The van der Waals surface area contributed by atoms with E-state index in [4.69, 9.17) is 27.9 Å². The Morgan fingerprint density at radius 1 is 1.13 bits per heavy atom. The number of halogens is 2. The van der Waals surface area contributed by atoms with Gasteiger partial charge in [0.1, 0.15) is 10.3 Å². The van der Waals surface area contributed by atoms with Gasteiger partial charge in [0.05, 0.1) is 13.0 Å². The minimum atomic E-state index is -0.134. The van der Waals surface area contributed by atoms with E-state index in [1.807, 2.05) is 24.3 Å². The van der Waals surface area contributed by atoms with Gasteiger partial charge in [0, 0.05) is 11.1 Å². The molecule has 0 amide bonds. The summed E-state index contributed by atoms with van der Waals surface area (Å²) < 4.78 is 4.77. The number of rotatable bonds is 2. The molecule has 2 unspecified atom stereocenters. The van der Waals surface area contributed by atoms with E-state index in [2.05, 4.69) is 16.8 Å². The molecule has 0 N–H and O–H groups in total. The number of hydrogen-bond acceptors (Lipinski definition) is 3. The molecule has 0 radical (unpaired) electrons. The lowest BCUT2D eigenvalue weighted by Crippen LogP contribution is -2.03. The maximum atomic E-state index is 11.5. The van der Waals surface area contributed by atoms with Gasteiger partial charge in [0.2, 0.25) is 0 Å². The van der Waals surface area contributed by atoms with Gasteiger partial charge in [0.15, 0.2) is 0 Å². The Morgan fingerprint density at radius 2 is 1.74 bits per heavy atom. The molecule has 5 heteroatoms. The van der Waals surface area contributed by atoms with Crippen LogP contribution < -0.4 is 0 Å². The molecular weight excluding hydrogens is 333 g/mol. The van der Waals surface area contributed by atoms with E-state index < -0.39 is 0 Å². The highest BCUT2D eigenvalue weighted by molar-refractivity contribution is 6.32. The van der Waals surface area contributed by atoms with E-state index in [1.54, 1.807) is 12.1 Å². The molecule has 23 heavy (non-hydrogen) atoms. The fourth-order valence-electron chi connectivity index (χ4n) is 2.47. The number of hydrogen-bond donors (Lipinski definition) is 0. The van der Waals surface area contributed by atoms with Crippen LogP contribution in [-0.2, 0) is 9.53 Å². The Labute approximate surface area is 144 Å². The molecule has 3 rings (SSSR count). The molecule has 0 saturated heterocycles. The van der Waals surface area contributed by atoms with E-state index in [0.29, 0.717) is 15.9 Å². The number of benzene rings is 1. The van der Waals surface area contributed by atoms with Gasteiger partial charge in [-0.05, 0) is 42.2 Å². The highest BCUT2D eigenvalue weighted by Crippen LogP contribution is 2.48. The summed E-state index contributed by atoms with van der Waals surface area (Å²) in [5.74, 6) is 6.20. The van der Waals surface area contributed by atoms with Crippen molar-refractivity contribution in [1.29, 1.82) is 0 Å². The average molecular weight is 346 g/mol. The van der Waals surface area contributed by atoms with Crippen molar-refractivity contribution < 1.29 is 9.53 Å². The second-order valence-corrected chi connectivity index (χ2v) is 6.12. The van der Waals surface area contributed by atoms with Crippen LogP contribution in [0.15, 0.2) is 36.4 Å². The lowest BCUT2D eigenvalue weighted by Gasteiger charge is -2.00. The third-order valence-corrected chi connectivity index (χ3v) is 4.13. The fraction of sp³-hybridized carbons (Fsp3) is 0.222. The van der Waals surface area contributed by atoms with Gasteiger partial charge in [-0.3, -0.25) is 4.79 Å². The SMILES string of the molecule is COC(=O)C1CC1c1ccc(C#Cc2cc(Cl)nc(Cl)c2)cc1. The highest BCUT2D eigenvalue weighted by atomic mass is 35.5. The lowest BCUT2D eigenvalue weighted by atomic mass is 10.1. The molecule has 2 aromatic rings. The van der Waals surface area contributed by atoms with Crippen LogP contribution in [0.4, 0.5) is 0 Å². The number of ether oxygens (including phenoxy) is 1. The van der Waals surface area contributed by atoms with Crippen LogP contribution in [0.3, 0.4) is 0 Å². The number of methoxy groups -OCH3 is 1. The van der Waals surface area contributed by atoms with Crippen LogP contribution in [0.25, 0.3) is 0 Å². The van der Waals surface area contributed by atoms with E-state index >= 15 is 0 Å². The van der Waals surface area contributed by atoms with Crippen LogP contribution >= 0.6 is 23.2 Å². The Kier molecular flexibility index (Phi) is 4.56. The van der Waals surface area contributed by atoms with Crippen molar-refractivity contribution in [2.45, 2.75) is 12.3 Å². The molecule has 1 fully saturated rings. The highest BCUT2D eigenvalue weighted by Gasteiger charge is 2.44. The van der Waals surface area contributed by atoms with Crippen molar-refractivity contribution in [3.05, 3.63) is 63.4 Å². The molecule has 0 aliphatic heterocycles. The number of esters is 1. The van der Waals surface area contributed by atoms with Gasteiger partial charge in [-0.25, -0.2) is 4.98 Å². The molecule has 3 nitrogen and oxygen atoms in total. The van der Waals surface area contributed by atoms with Gasteiger partial charge < -0.3 is 4.74 Å². The first-order valence-corrected chi connectivity index (χ1v) is 7.85. The zero-order valence-electron chi connectivity index (χ0n) is 12.3. The van der Waals surface area contributed by atoms with Crippen LogP contribution in [0.1, 0.15) is 29.0 Å². The first-order valence-electron chi connectivity index (χ1n) is 7.09. The Balaban J connectivity index is 1.72. The molecule has 0 bridgehead atoms. The van der Waals surface area contributed by atoms with Crippen LogP contribution in [0.5, 0.6) is 0 Å². The van der Waals surface area contributed by atoms with Gasteiger partial charge in [-0.2, -0.15) is 0 Å². The molecule has 1 aliphatic rings. The van der Waals surface area contributed by atoms with Crippen molar-refractivity contribution in [2.24, 2.45) is 5.92 Å². The number of carbonyl (C=O) groups is 1. The fourth-order valence-corrected chi connectivity index (χ4v) is 2.93. The second-order valence-electron chi connectivity index (χ2n) is 5.35. The predicted molar refractivity (Wildman–Crippen MR) is 89.5 cm³/mol. The molecule has 1 heterocycles. The Bertz CT molecular complexity index is 786. The van der Waals surface area contributed by atoms with E-state index in [0.717, 1.165) is 17.5 Å². The van der Waals surface area contributed by atoms with Crippen molar-refractivity contribution in [3.8, 4) is 11.8 Å². The van der Waals surface area contributed by atoms with Crippen molar-refractivity contribution >= 4 is 29.2 Å². The normalized spacial score (nSPS) is 18.7. The van der Waals surface area contributed by atoms with Gasteiger partial charge in [-0.1, -0.05) is 47.2 Å². The van der Waals surface area contributed by atoms with Crippen LogP contribution in [0.2, 0.25) is 10.3 Å². The largest absolute Gasteiger partial charge is 0.469 e. The third-order valence-electron chi connectivity index (χ3n) is 3.75. The molecule has 1 saturated carbocycles. The summed E-state index contributed by atoms with van der Waals surface area (Å²) in [6, 6.07) is 11.2. The zero-order valence-corrected chi connectivity index (χ0v) is 13.9. The average Bonchev–Trinajstić information content (AvgIpc) is 3.32. The van der Waals surface area contributed by atoms with Crippen molar-refractivity contribution in [1.82, 2.24) is 4.98 Å². The number of nitrogens with zero attached hydrogens (tertiary/aromatic N) is 1. The Morgan fingerprint density at radius 3 is 2.35 bits per heavy atom. The topological polar surface area (TPSA) is 39.2 Å². The van der Waals surface area contributed by atoms with Crippen LogP contribution in [0, 0.1) is 17.8 Å². The van der Waals surface area contributed by atoms with E-state index in [9.17, 15) is 4.79 Å². The molecule has 1 aromatic carbocycles. The first-order chi connectivity index (χ1) is 11.1. The monoisotopic (exact) mass is 345 g/mol. The van der Waals surface area contributed by atoms with Crippen molar-refractivity contribution in [3.63, 3.8) is 0 Å².